The number of hydrogen-bond donors (Lipinski definition) is 0. The second-order valence-electron chi connectivity index (χ2n) is 4.58. The molecule has 18 heavy (non-hydrogen) atoms. The van der Waals surface area contributed by atoms with Crippen LogP contribution in [0.2, 0.25) is 0 Å². The molecule has 1 fully saturated rings. The number of methoxy groups -OCH3 is 1. The van der Waals surface area contributed by atoms with Gasteiger partial charge in [0.1, 0.15) is 11.2 Å². The lowest BCUT2D eigenvalue weighted by atomic mass is 9.82. The minimum atomic E-state index is -0.421. The van der Waals surface area contributed by atoms with Gasteiger partial charge < -0.3 is 14.0 Å². The Bertz CT molecular complexity index is 510. The van der Waals surface area contributed by atoms with E-state index in [4.69, 9.17) is 9.47 Å². The van der Waals surface area contributed by atoms with Crippen LogP contribution in [0.3, 0.4) is 0 Å². The van der Waals surface area contributed by atoms with Crippen molar-refractivity contribution in [1.29, 1.82) is 0 Å². The van der Waals surface area contributed by atoms with E-state index in [1.165, 1.54) is 0 Å². The molecule has 1 aliphatic heterocycles. The van der Waals surface area contributed by atoms with Crippen LogP contribution >= 0.6 is 0 Å². The van der Waals surface area contributed by atoms with E-state index in [1.54, 1.807) is 17.7 Å². The second kappa shape index (κ2) is 4.94. The Morgan fingerprint density at radius 2 is 2.33 bits per heavy atom. The first-order chi connectivity index (χ1) is 8.61. The van der Waals surface area contributed by atoms with Crippen molar-refractivity contribution in [3.63, 3.8) is 0 Å². The van der Waals surface area contributed by atoms with Gasteiger partial charge in [0.25, 0.3) is 5.91 Å². The standard InChI is InChI=1S/C13H18N2O3/c1-4-13(8-18-9-13)12(16)14-11-7-10(17-3)5-6-15(11)2/h5-7H,4,8-9H2,1-3H3/b14-11+. The first-order valence-corrected chi connectivity index (χ1v) is 5.99. The fraction of sp³-hybridized carbons (Fsp3) is 0.538. The molecule has 0 spiro atoms. The van der Waals surface area contributed by atoms with Gasteiger partial charge in [-0.15, -0.1) is 0 Å². The molecule has 0 radical (unpaired) electrons. The van der Waals surface area contributed by atoms with Crippen LogP contribution in [0.4, 0.5) is 0 Å². The lowest BCUT2D eigenvalue weighted by Crippen LogP contribution is -2.48. The van der Waals surface area contributed by atoms with Crippen molar-refractivity contribution in [1.82, 2.24) is 4.57 Å². The number of aromatic nitrogens is 1. The van der Waals surface area contributed by atoms with Crippen LogP contribution < -0.4 is 10.2 Å². The first-order valence-electron chi connectivity index (χ1n) is 5.99. The molecule has 2 rings (SSSR count). The highest BCUT2D eigenvalue weighted by atomic mass is 16.5. The lowest BCUT2D eigenvalue weighted by Gasteiger charge is -2.37. The molecule has 0 unspecified atom stereocenters. The van der Waals surface area contributed by atoms with Gasteiger partial charge >= 0.3 is 0 Å². The van der Waals surface area contributed by atoms with E-state index in [0.29, 0.717) is 24.5 Å². The van der Waals surface area contributed by atoms with Gasteiger partial charge in [-0.2, -0.15) is 4.99 Å². The summed E-state index contributed by atoms with van der Waals surface area (Å²) in [5.74, 6) is 0.579. The fourth-order valence-corrected chi connectivity index (χ4v) is 1.83. The van der Waals surface area contributed by atoms with E-state index in [9.17, 15) is 4.79 Å². The van der Waals surface area contributed by atoms with Gasteiger partial charge in [0.2, 0.25) is 0 Å². The number of rotatable bonds is 3. The topological polar surface area (TPSA) is 52.8 Å². The van der Waals surface area contributed by atoms with Gasteiger partial charge in [0.05, 0.1) is 25.7 Å². The molecule has 1 saturated heterocycles. The second-order valence-corrected chi connectivity index (χ2v) is 4.58. The third-order valence-electron chi connectivity index (χ3n) is 3.43. The third kappa shape index (κ3) is 2.18. The van der Waals surface area contributed by atoms with Crippen LogP contribution in [0.25, 0.3) is 0 Å². The van der Waals surface area contributed by atoms with Crippen molar-refractivity contribution in [2.45, 2.75) is 13.3 Å². The highest BCUT2D eigenvalue weighted by molar-refractivity contribution is 5.84. The Morgan fingerprint density at radius 1 is 1.61 bits per heavy atom. The molecular formula is C13H18N2O3. The van der Waals surface area contributed by atoms with Gasteiger partial charge in [-0.3, -0.25) is 4.79 Å². The Balaban J connectivity index is 2.35. The number of pyridine rings is 1. The molecule has 2 heterocycles. The average molecular weight is 250 g/mol. The van der Waals surface area contributed by atoms with E-state index < -0.39 is 5.41 Å². The third-order valence-corrected chi connectivity index (χ3v) is 3.43. The molecule has 1 aromatic heterocycles. The molecule has 0 N–H and O–H groups in total. The number of nitrogens with zero attached hydrogens (tertiary/aromatic N) is 2. The van der Waals surface area contributed by atoms with E-state index in [1.807, 2.05) is 26.2 Å². The number of ether oxygens (including phenoxy) is 2. The average Bonchev–Trinajstić information content (AvgIpc) is 2.31. The highest BCUT2D eigenvalue weighted by Gasteiger charge is 2.44. The largest absolute Gasteiger partial charge is 0.497 e. The van der Waals surface area contributed by atoms with Crippen LogP contribution in [0.5, 0.6) is 5.75 Å². The molecule has 5 nitrogen and oxygen atoms in total. The summed E-state index contributed by atoms with van der Waals surface area (Å²) in [6, 6.07) is 3.58. The summed E-state index contributed by atoms with van der Waals surface area (Å²) in [4.78, 5) is 16.4. The number of hydrogen-bond acceptors (Lipinski definition) is 3. The summed E-state index contributed by atoms with van der Waals surface area (Å²) in [5, 5.41) is 0. The fourth-order valence-electron chi connectivity index (χ4n) is 1.83. The van der Waals surface area contributed by atoms with Crippen LogP contribution in [-0.4, -0.2) is 30.8 Å². The van der Waals surface area contributed by atoms with Gasteiger partial charge in [0, 0.05) is 19.3 Å². The van der Waals surface area contributed by atoms with Crippen LogP contribution in [0.1, 0.15) is 13.3 Å². The normalized spacial score (nSPS) is 18.3. The summed E-state index contributed by atoms with van der Waals surface area (Å²) in [7, 11) is 3.44. The summed E-state index contributed by atoms with van der Waals surface area (Å²) in [6.45, 7) is 2.93. The zero-order valence-electron chi connectivity index (χ0n) is 11.0. The molecule has 0 bridgehead atoms. The summed E-state index contributed by atoms with van der Waals surface area (Å²) >= 11 is 0. The van der Waals surface area contributed by atoms with Crippen LogP contribution in [0.15, 0.2) is 23.3 Å². The maximum atomic E-state index is 12.2. The Hall–Kier alpha value is -1.62. The van der Waals surface area contributed by atoms with Crippen molar-refractivity contribution >= 4 is 5.91 Å². The van der Waals surface area contributed by atoms with Crippen LogP contribution in [-0.2, 0) is 16.6 Å². The van der Waals surface area contributed by atoms with Gasteiger partial charge in [0.15, 0.2) is 0 Å². The molecular weight excluding hydrogens is 232 g/mol. The number of carbonyl (C=O) groups excluding carboxylic acids is 1. The molecule has 0 aliphatic carbocycles. The molecule has 98 valence electrons. The van der Waals surface area contributed by atoms with E-state index in [0.717, 1.165) is 6.42 Å². The Labute approximate surface area is 106 Å². The summed E-state index contributed by atoms with van der Waals surface area (Å²) < 4.78 is 12.1. The summed E-state index contributed by atoms with van der Waals surface area (Å²) in [6.07, 6.45) is 2.57. The zero-order chi connectivity index (χ0) is 13.2. The molecule has 1 aliphatic rings. The quantitative estimate of drug-likeness (QED) is 0.800. The molecule has 0 atom stereocenters. The Morgan fingerprint density at radius 3 is 2.83 bits per heavy atom. The molecule has 1 amide bonds. The van der Waals surface area contributed by atoms with Gasteiger partial charge in [-0.1, -0.05) is 6.92 Å². The minimum Gasteiger partial charge on any atom is -0.497 e. The molecule has 5 heteroatoms. The lowest BCUT2D eigenvalue weighted by molar-refractivity contribution is -0.158. The molecule has 1 aromatic rings. The number of amides is 1. The van der Waals surface area contributed by atoms with Gasteiger partial charge in [-0.25, -0.2) is 0 Å². The summed E-state index contributed by atoms with van der Waals surface area (Å²) in [5.41, 5.74) is 0.176. The molecule has 0 aromatic carbocycles. The predicted molar refractivity (Wildman–Crippen MR) is 66.1 cm³/mol. The van der Waals surface area contributed by atoms with Crippen molar-refractivity contribution in [3.8, 4) is 5.75 Å². The maximum Gasteiger partial charge on any atom is 0.258 e. The van der Waals surface area contributed by atoms with E-state index in [-0.39, 0.29) is 5.91 Å². The minimum absolute atomic E-state index is 0.111. The first kappa shape index (κ1) is 12.8. The smallest absolute Gasteiger partial charge is 0.258 e. The van der Waals surface area contributed by atoms with Crippen molar-refractivity contribution in [2.24, 2.45) is 17.5 Å². The molecule has 0 saturated carbocycles. The number of carbonyl (C=O) groups is 1. The van der Waals surface area contributed by atoms with Gasteiger partial charge in [-0.05, 0) is 12.5 Å². The van der Waals surface area contributed by atoms with Crippen molar-refractivity contribution in [2.75, 3.05) is 20.3 Å². The van der Waals surface area contributed by atoms with Crippen LogP contribution in [0, 0.1) is 5.41 Å². The maximum absolute atomic E-state index is 12.2. The monoisotopic (exact) mass is 250 g/mol. The SMILES string of the molecule is CCC1(C(=O)/N=c2\cc(OC)ccn2C)COC1. The Kier molecular flexibility index (Phi) is 3.52. The van der Waals surface area contributed by atoms with Crippen molar-refractivity contribution < 1.29 is 14.3 Å². The highest BCUT2D eigenvalue weighted by Crippen LogP contribution is 2.32. The van der Waals surface area contributed by atoms with E-state index in [2.05, 4.69) is 4.99 Å². The predicted octanol–water partition coefficient (Wildman–Crippen LogP) is 0.888. The number of aryl methyl sites for hydroxylation is 1. The zero-order valence-corrected chi connectivity index (χ0v) is 11.0. The van der Waals surface area contributed by atoms with Crippen molar-refractivity contribution in [3.05, 3.63) is 23.8 Å². The van der Waals surface area contributed by atoms with E-state index >= 15 is 0 Å².